The van der Waals surface area contributed by atoms with Crippen molar-refractivity contribution in [2.24, 2.45) is 0 Å². The molecule has 3 heterocycles. The van der Waals surface area contributed by atoms with Crippen LogP contribution in [0.4, 0.5) is 5.95 Å². The SMILES string of the molecule is CC(=O)OC[C@@H]1CC[C@H](n2c(=O)sc3c(OS(=O)(=O)c4ccc(C)cc4)nc(N)nc32)O1. The molecule has 13 heteroatoms. The van der Waals surface area contributed by atoms with Crippen LogP contribution in [0.2, 0.25) is 0 Å². The van der Waals surface area contributed by atoms with Gasteiger partial charge in [0.2, 0.25) is 5.95 Å². The summed E-state index contributed by atoms with van der Waals surface area (Å²) in [6.07, 6.45) is -0.0115. The first kappa shape index (κ1) is 22.2. The number of hydrogen-bond acceptors (Lipinski definition) is 11. The van der Waals surface area contributed by atoms with E-state index in [4.69, 9.17) is 19.4 Å². The van der Waals surface area contributed by atoms with Gasteiger partial charge in [-0.3, -0.25) is 14.2 Å². The number of carbonyl (C=O) groups excluding carboxylic acids is 1. The molecule has 1 aromatic carbocycles. The molecule has 0 unspecified atom stereocenters. The molecule has 1 aliphatic heterocycles. The number of benzene rings is 1. The Balaban J connectivity index is 1.67. The molecule has 1 fully saturated rings. The fraction of sp³-hybridized carbons (Fsp3) is 0.368. The highest BCUT2D eigenvalue weighted by molar-refractivity contribution is 7.87. The summed E-state index contributed by atoms with van der Waals surface area (Å²) in [5.74, 6) is -1.01. The first-order valence-electron chi connectivity index (χ1n) is 9.62. The molecule has 0 radical (unpaired) electrons. The highest BCUT2D eigenvalue weighted by Crippen LogP contribution is 2.34. The molecule has 0 saturated carbocycles. The molecule has 4 rings (SSSR count). The van der Waals surface area contributed by atoms with Crippen LogP contribution in [0.25, 0.3) is 10.3 Å². The quantitative estimate of drug-likeness (QED) is 0.408. The van der Waals surface area contributed by atoms with Gasteiger partial charge in [-0.15, -0.1) is 0 Å². The third-order valence-corrected chi connectivity index (χ3v) is 6.95. The number of aromatic nitrogens is 3. The van der Waals surface area contributed by atoms with Crippen LogP contribution in [0.15, 0.2) is 34.0 Å². The molecule has 170 valence electrons. The predicted octanol–water partition coefficient (Wildman–Crippen LogP) is 1.75. The van der Waals surface area contributed by atoms with Gasteiger partial charge in [0.1, 0.15) is 22.4 Å². The van der Waals surface area contributed by atoms with E-state index in [1.807, 2.05) is 6.92 Å². The predicted molar refractivity (Wildman–Crippen MR) is 115 cm³/mol. The second-order valence-electron chi connectivity index (χ2n) is 7.22. The first-order valence-corrected chi connectivity index (χ1v) is 11.8. The minimum absolute atomic E-state index is 0.0624. The van der Waals surface area contributed by atoms with Crippen LogP contribution >= 0.6 is 11.3 Å². The summed E-state index contributed by atoms with van der Waals surface area (Å²) in [6.45, 7) is 3.20. The molecule has 2 N–H and O–H groups in total. The lowest BCUT2D eigenvalue weighted by molar-refractivity contribution is -0.145. The molecular formula is C19H20N4O7S2. The topological polar surface area (TPSA) is 153 Å². The molecule has 1 aliphatic rings. The van der Waals surface area contributed by atoms with Crippen molar-refractivity contribution in [3.63, 3.8) is 0 Å². The van der Waals surface area contributed by atoms with Crippen molar-refractivity contribution in [2.75, 3.05) is 12.3 Å². The lowest BCUT2D eigenvalue weighted by Crippen LogP contribution is -2.23. The summed E-state index contributed by atoms with van der Waals surface area (Å²) in [7, 11) is -4.22. The molecule has 3 aromatic rings. The van der Waals surface area contributed by atoms with E-state index in [0.29, 0.717) is 12.8 Å². The lowest BCUT2D eigenvalue weighted by Gasteiger charge is -2.15. The Morgan fingerprint density at radius 2 is 2.00 bits per heavy atom. The number of ether oxygens (including phenoxy) is 2. The van der Waals surface area contributed by atoms with Crippen LogP contribution in [0.3, 0.4) is 0 Å². The molecule has 0 spiro atoms. The zero-order valence-corrected chi connectivity index (χ0v) is 18.8. The maximum Gasteiger partial charge on any atom is 0.340 e. The first-order chi connectivity index (χ1) is 15.1. The maximum absolute atomic E-state index is 12.7. The van der Waals surface area contributed by atoms with E-state index in [0.717, 1.165) is 16.9 Å². The van der Waals surface area contributed by atoms with Crippen molar-refractivity contribution in [1.82, 2.24) is 14.5 Å². The van der Waals surface area contributed by atoms with Crippen LogP contribution in [-0.4, -0.2) is 41.6 Å². The Labute approximate surface area is 186 Å². The van der Waals surface area contributed by atoms with Crippen molar-refractivity contribution in [3.8, 4) is 5.88 Å². The zero-order chi connectivity index (χ0) is 23.0. The van der Waals surface area contributed by atoms with Crippen LogP contribution in [0.5, 0.6) is 5.88 Å². The van der Waals surface area contributed by atoms with Gasteiger partial charge in [-0.2, -0.15) is 18.4 Å². The number of hydrogen-bond donors (Lipinski definition) is 1. The van der Waals surface area contributed by atoms with Crippen molar-refractivity contribution < 1.29 is 26.9 Å². The van der Waals surface area contributed by atoms with Crippen molar-refractivity contribution in [2.45, 2.75) is 43.9 Å². The Hall–Kier alpha value is -3.03. The Morgan fingerprint density at radius 1 is 1.28 bits per heavy atom. The number of rotatable bonds is 6. The number of anilines is 1. The second kappa shape index (κ2) is 8.48. The van der Waals surface area contributed by atoms with E-state index in [9.17, 15) is 18.0 Å². The zero-order valence-electron chi connectivity index (χ0n) is 17.2. The smallest absolute Gasteiger partial charge is 0.340 e. The van der Waals surface area contributed by atoms with Crippen molar-refractivity contribution in [3.05, 3.63) is 39.5 Å². The third kappa shape index (κ3) is 4.45. The van der Waals surface area contributed by atoms with E-state index >= 15 is 0 Å². The molecule has 1 saturated heterocycles. The minimum Gasteiger partial charge on any atom is -0.463 e. The molecular weight excluding hydrogens is 460 g/mol. The average Bonchev–Trinajstić information content (AvgIpc) is 3.30. The number of nitrogens with two attached hydrogens (primary N) is 1. The van der Waals surface area contributed by atoms with E-state index < -0.39 is 27.2 Å². The monoisotopic (exact) mass is 480 g/mol. The van der Waals surface area contributed by atoms with Gasteiger partial charge >= 0.3 is 21.0 Å². The van der Waals surface area contributed by atoms with Gasteiger partial charge in [-0.1, -0.05) is 29.0 Å². The third-order valence-electron chi connectivity index (χ3n) is 4.79. The molecule has 2 atom stereocenters. The van der Waals surface area contributed by atoms with E-state index in [1.54, 1.807) is 12.1 Å². The van der Waals surface area contributed by atoms with Crippen LogP contribution in [0.1, 0.15) is 31.6 Å². The van der Waals surface area contributed by atoms with Gasteiger partial charge < -0.3 is 19.4 Å². The largest absolute Gasteiger partial charge is 0.463 e. The summed E-state index contributed by atoms with van der Waals surface area (Å²) in [5, 5.41) is 0. The van der Waals surface area contributed by atoms with Crippen LogP contribution in [-0.2, 0) is 24.4 Å². The summed E-state index contributed by atoms with van der Waals surface area (Å²) < 4.78 is 42.9. The highest BCUT2D eigenvalue weighted by Gasteiger charge is 2.32. The number of nitrogen functional groups attached to an aromatic ring is 1. The molecule has 11 nitrogen and oxygen atoms in total. The summed E-state index contributed by atoms with van der Waals surface area (Å²) in [6, 6.07) is 6.10. The number of esters is 1. The van der Waals surface area contributed by atoms with Gasteiger partial charge in [0, 0.05) is 6.92 Å². The molecule has 2 aromatic heterocycles. The second-order valence-corrected chi connectivity index (χ2v) is 9.73. The summed E-state index contributed by atoms with van der Waals surface area (Å²) >= 11 is 0.731. The van der Waals surface area contributed by atoms with E-state index in [-0.39, 0.29) is 39.8 Å². The Bertz CT molecular complexity index is 1330. The van der Waals surface area contributed by atoms with E-state index in [1.165, 1.54) is 23.6 Å². The lowest BCUT2D eigenvalue weighted by atomic mass is 10.2. The van der Waals surface area contributed by atoms with Crippen molar-refractivity contribution in [1.29, 1.82) is 0 Å². The average molecular weight is 481 g/mol. The van der Waals surface area contributed by atoms with Crippen LogP contribution < -0.4 is 14.8 Å². The standard InChI is InChI=1S/C19H20N4O7S2/c1-10-3-6-13(7-4-10)32(26,27)30-17-15-16(21-18(20)22-17)23(19(25)31-15)14-8-5-12(29-14)9-28-11(2)24/h3-4,6-7,12,14H,5,8-9H2,1-2H3,(H2,20,21,22)/t12-,14+/m0/s1. The molecule has 0 amide bonds. The summed E-state index contributed by atoms with van der Waals surface area (Å²) in [5.41, 5.74) is 6.78. The Kier molecular flexibility index (Phi) is 5.88. The van der Waals surface area contributed by atoms with E-state index in [2.05, 4.69) is 9.97 Å². The normalized spacial score (nSPS) is 18.7. The molecule has 32 heavy (non-hydrogen) atoms. The molecule has 0 aliphatic carbocycles. The molecule has 0 bridgehead atoms. The van der Waals surface area contributed by atoms with Crippen molar-refractivity contribution >= 4 is 43.7 Å². The van der Waals surface area contributed by atoms with Crippen LogP contribution in [0, 0.1) is 6.92 Å². The fourth-order valence-corrected chi connectivity index (χ4v) is 5.12. The maximum atomic E-state index is 12.7. The fourth-order valence-electron chi connectivity index (χ4n) is 3.29. The van der Waals surface area contributed by atoms with Gasteiger partial charge in [0.25, 0.3) is 5.88 Å². The number of carbonyl (C=O) groups is 1. The number of aryl methyl sites for hydroxylation is 1. The Morgan fingerprint density at radius 3 is 2.69 bits per heavy atom. The van der Waals surface area contributed by atoms with Gasteiger partial charge in [-0.05, 0) is 31.9 Å². The summed E-state index contributed by atoms with van der Waals surface area (Å²) in [4.78, 5) is 31.3. The van der Waals surface area contributed by atoms with Gasteiger partial charge in [0.05, 0.1) is 6.10 Å². The minimum atomic E-state index is -4.22. The van der Waals surface area contributed by atoms with Gasteiger partial charge in [0.15, 0.2) is 5.65 Å². The number of nitrogens with zero attached hydrogens (tertiary/aromatic N) is 3. The highest BCUT2D eigenvalue weighted by atomic mass is 32.2. The number of fused-ring (bicyclic) bond motifs is 1. The van der Waals surface area contributed by atoms with Gasteiger partial charge in [-0.25, -0.2) is 0 Å². The number of thiazole rings is 1.